The van der Waals surface area contributed by atoms with Gasteiger partial charge in [0.1, 0.15) is 0 Å². The number of hydrogen-bond donors (Lipinski definition) is 0. The van der Waals surface area contributed by atoms with E-state index in [0.717, 1.165) is 34.1 Å². The van der Waals surface area contributed by atoms with Crippen molar-refractivity contribution in [1.29, 1.82) is 0 Å². The maximum atomic E-state index is 11.2. The average Bonchev–Trinajstić information content (AvgIpc) is 2.25. The molecule has 0 N–H and O–H groups in total. The number of carbonyl (C=O) groups excluding carboxylic acids is 1. The summed E-state index contributed by atoms with van der Waals surface area (Å²) in [6.07, 6.45) is 0.949. The average molecular weight is 214 g/mol. The topological polar surface area (TPSA) is 17.1 Å². The Morgan fingerprint density at radius 1 is 0.938 bits per heavy atom. The highest BCUT2D eigenvalue weighted by Crippen LogP contribution is 2.27. The molecule has 0 saturated carbocycles. The van der Waals surface area contributed by atoms with Crippen LogP contribution in [-0.4, -0.2) is 6.29 Å². The Kier molecular flexibility index (Phi) is 4.24. The summed E-state index contributed by atoms with van der Waals surface area (Å²) in [5.41, 5.74) is 5.16. The van der Waals surface area contributed by atoms with Crippen molar-refractivity contribution >= 4 is 11.9 Å². The summed E-state index contributed by atoms with van der Waals surface area (Å²) in [5, 5.41) is 0. The van der Waals surface area contributed by atoms with Gasteiger partial charge in [-0.15, -0.1) is 0 Å². The molecule has 0 atom stereocenters. The van der Waals surface area contributed by atoms with Gasteiger partial charge in [0.15, 0.2) is 6.29 Å². The third-order valence-corrected chi connectivity index (χ3v) is 2.49. The molecule has 1 heteroatoms. The molecule has 0 bridgehead atoms. The molecule has 0 spiro atoms. The Bertz CT molecular complexity index is 428. The van der Waals surface area contributed by atoms with Crippen molar-refractivity contribution in [1.82, 2.24) is 0 Å². The van der Waals surface area contributed by atoms with Crippen molar-refractivity contribution in [2.45, 2.75) is 27.7 Å². The second-order valence-corrected chi connectivity index (χ2v) is 4.27. The molecular weight excluding hydrogens is 196 g/mol. The first-order valence-corrected chi connectivity index (χ1v) is 5.44. The SMILES string of the molecule is CC(C)=C(C=O)C(=C(C)C)c1ccccc1. The predicted octanol–water partition coefficient (Wildman–Crippen LogP) is 4.02. The smallest absolute Gasteiger partial charge is 0.150 e. The number of carbonyl (C=O) groups is 1. The Morgan fingerprint density at radius 2 is 1.50 bits per heavy atom. The highest BCUT2D eigenvalue weighted by Gasteiger charge is 2.10. The molecule has 1 rings (SSSR count). The van der Waals surface area contributed by atoms with Crippen molar-refractivity contribution in [2.24, 2.45) is 0 Å². The highest BCUT2D eigenvalue weighted by molar-refractivity contribution is 6.00. The summed E-state index contributed by atoms with van der Waals surface area (Å²) in [7, 11) is 0. The summed E-state index contributed by atoms with van der Waals surface area (Å²) in [4.78, 5) is 11.2. The van der Waals surface area contributed by atoms with Crippen molar-refractivity contribution in [2.75, 3.05) is 0 Å². The van der Waals surface area contributed by atoms with Crippen LogP contribution in [0.2, 0.25) is 0 Å². The molecule has 0 aliphatic rings. The van der Waals surface area contributed by atoms with Crippen LogP contribution >= 0.6 is 0 Å². The zero-order valence-corrected chi connectivity index (χ0v) is 10.4. The minimum atomic E-state index is 0.797. The fraction of sp³-hybridized carbons (Fsp3) is 0.267. The second-order valence-electron chi connectivity index (χ2n) is 4.27. The molecule has 0 fully saturated rings. The Balaban J connectivity index is 3.40. The Hall–Kier alpha value is -1.63. The molecule has 0 aromatic heterocycles. The number of hydrogen-bond acceptors (Lipinski definition) is 1. The van der Waals surface area contributed by atoms with E-state index in [1.807, 2.05) is 58.0 Å². The van der Waals surface area contributed by atoms with Crippen LogP contribution < -0.4 is 0 Å². The van der Waals surface area contributed by atoms with Gasteiger partial charge in [0.25, 0.3) is 0 Å². The lowest BCUT2D eigenvalue weighted by Crippen LogP contribution is -1.96. The van der Waals surface area contributed by atoms with Crippen molar-refractivity contribution in [3.05, 3.63) is 52.6 Å². The summed E-state index contributed by atoms with van der Waals surface area (Å²) in [6, 6.07) is 10.0. The van der Waals surface area contributed by atoms with Gasteiger partial charge < -0.3 is 0 Å². The van der Waals surface area contributed by atoms with Crippen LogP contribution in [0.4, 0.5) is 0 Å². The monoisotopic (exact) mass is 214 g/mol. The van der Waals surface area contributed by atoms with E-state index in [0.29, 0.717) is 0 Å². The number of aldehydes is 1. The lowest BCUT2D eigenvalue weighted by Gasteiger charge is -2.12. The van der Waals surface area contributed by atoms with Gasteiger partial charge in [-0.2, -0.15) is 0 Å². The maximum Gasteiger partial charge on any atom is 0.150 e. The largest absolute Gasteiger partial charge is 0.298 e. The summed E-state index contributed by atoms with van der Waals surface area (Å²) in [6.45, 7) is 8.01. The Morgan fingerprint density at radius 3 is 1.88 bits per heavy atom. The van der Waals surface area contributed by atoms with Gasteiger partial charge in [-0.3, -0.25) is 4.79 Å². The first-order valence-electron chi connectivity index (χ1n) is 5.44. The van der Waals surface area contributed by atoms with Gasteiger partial charge in [-0.25, -0.2) is 0 Å². The first-order chi connectivity index (χ1) is 7.57. The number of allylic oxidation sites excluding steroid dienone is 4. The normalized spacial score (nSPS) is 9.50. The molecule has 0 saturated heterocycles. The molecule has 84 valence electrons. The van der Waals surface area contributed by atoms with E-state index in [-0.39, 0.29) is 0 Å². The minimum Gasteiger partial charge on any atom is -0.298 e. The summed E-state index contributed by atoms with van der Waals surface area (Å²) < 4.78 is 0. The van der Waals surface area contributed by atoms with Gasteiger partial charge in [-0.05, 0) is 38.8 Å². The molecule has 0 aliphatic carbocycles. The zero-order valence-electron chi connectivity index (χ0n) is 10.4. The molecule has 1 nitrogen and oxygen atoms in total. The van der Waals surface area contributed by atoms with E-state index in [2.05, 4.69) is 0 Å². The van der Waals surface area contributed by atoms with E-state index < -0.39 is 0 Å². The molecule has 1 aromatic rings. The van der Waals surface area contributed by atoms with Crippen LogP contribution in [0.5, 0.6) is 0 Å². The van der Waals surface area contributed by atoms with E-state index >= 15 is 0 Å². The lowest BCUT2D eigenvalue weighted by molar-refractivity contribution is -0.104. The number of rotatable bonds is 3. The standard InChI is InChI=1S/C15H18O/c1-11(2)14(10-16)15(12(3)4)13-8-6-5-7-9-13/h5-10H,1-4H3. The molecule has 0 radical (unpaired) electrons. The quantitative estimate of drug-likeness (QED) is 0.422. The molecule has 0 amide bonds. The predicted molar refractivity (Wildman–Crippen MR) is 69.1 cm³/mol. The molecule has 0 heterocycles. The third-order valence-electron chi connectivity index (χ3n) is 2.49. The van der Waals surface area contributed by atoms with Crippen LogP contribution in [0.1, 0.15) is 33.3 Å². The lowest BCUT2D eigenvalue weighted by atomic mass is 9.92. The van der Waals surface area contributed by atoms with Crippen LogP contribution in [0.25, 0.3) is 5.57 Å². The molecule has 16 heavy (non-hydrogen) atoms. The van der Waals surface area contributed by atoms with E-state index in [4.69, 9.17) is 0 Å². The Labute approximate surface area is 97.5 Å². The van der Waals surface area contributed by atoms with Crippen molar-refractivity contribution in [3.8, 4) is 0 Å². The molecule has 1 aromatic carbocycles. The van der Waals surface area contributed by atoms with Gasteiger partial charge in [0.2, 0.25) is 0 Å². The molecular formula is C15H18O. The van der Waals surface area contributed by atoms with Crippen LogP contribution in [0, 0.1) is 0 Å². The van der Waals surface area contributed by atoms with Crippen LogP contribution in [0.3, 0.4) is 0 Å². The van der Waals surface area contributed by atoms with Crippen LogP contribution in [-0.2, 0) is 4.79 Å². The molecule has 0 unspecified atom stereocenters. The zero-order chi connectivity index (χ0) is 12.1. The highest BCUT2D eigenvalue weighted by atomic mass is 16.1. The first kappa shape index (κ1) is 12.4. The summed E-state index contributed by atoms with van der Waals surface area (Å²) in [5.74, 6) is 0. The van der Waals surface area contributed by atoms with Gasteiger partial charge >= 0.3 is 0 Å². The second kappa shape index (κ2) is 5.45. The minimum absolute atomic E-state index is 0.797. The van der Waals surface area contributed by atoms with Gasteiger partial charge in [0.05, 0.1) is 0 Å². The number of benzene rings is 1. The van der Waals surface area contributed by atoms with Gasteiger partial charge in [0, 0.05) is 5.57 Å². The third kappa shape index (κ3) is 2.69. The maximum absolute atomic E-state index is 11.2. The van der Waals surface area contributed by atoms with Crippen LogP contribution in [0.15, 0.2) is 47.1 Å². The fourth-order valence-electron chi connectivity index (χ4n) is 1.75. The van der Waals surface area contributed by atoms with Gasteiger partial charge in [-0.1, -0.05) is 41.5 Å². The van der Waals surface area contributed by atoms with E-state index in [1.165, 1.54) is 0 Å². The van der Waals surface area contributed by atoms with Crippen molar-refractivity contribution in [3.63, 3.8) is 0 Å². The molecule has 0 aliphatic heterocycles. The van der Waals surface area contributed by atoms with Crippen molar-refractivity contribution < 1.29 is 4.79 Å². The fourth-order valence-corrected chi connectivity index (χ4v) is 1.75. The summed E-state index contributed by atoms with van der Waals surface area (Å²) >= 11 is 0. The van der Waals surface area contributed by atoms with E-state index in [9.17, 15) is 4.79 Å². The van der Waals surface area contributed by atoms with E-state index in [1.54, 1.807) is 0 Å².